The maximum Gasteiger partial charge on any atom is 0.137 e. The van der Waals surface area contributed by atoms with Gasteiger partial charge in [0, 0.05) is 17.0 Å². The third-order valence-corrected chi connectivity index (χ3v) is 3.36. The van der Waals surface area contributed by atoms with Crippen molar-refractivity contribution in [1.29, 1.82) is 5.26 Å². The van der Waals surface area contributed by atoms with Gasteiger partial charge >= 0.3 is 0 Å². The lowest BCUT2D eigenvalue weighted by molar-refractivity contribution is 0.375. The zero-order valence-corrected chi connectivity index (χ0v) is 12.4. The summed E-state index contributed by atoms with van der Waals surface area (Å²) in [6.07, 6.45) is 3.30. The minimum absolute atomic E-state index is 0.297. The van der Waals surface area contributed by atoms with Gasteiger partial charge in [-0.25, -0.2) is 4.98 Å². The number of methoxy groups -OCH3 is 1. The van der Waals surface area contributed by atoms with E-state index in [4.69, 9.17) is 16.3 Å². The van der Waals surface area contributed by atoms with Crippen LogP contribution in [0.5, 0.6) is 5.75 Å². The number of ether oxygens (including phenoxy) is 1. The molecule has 21 heavy (non-hydrogen) atoms. The minimum atomic E-state index is -0.918. The normalized spacial score (nSPS) is 13.2. The predicted octanol–water partition coefficient (Wildman–Crippen LogP) is 2.89. The van der Waals surface area contributed by atoms with Crippen LogP contribution in [0.2, 0.25) is 0 Å². The summed E-state index contributed by atoms with van der Waals surface area (Å²) in [5, 5.41) is 14.3. The average molecular weight is 303 g/mol. The SMILES string of the molecule is C=C(Cl)CC(C#N)(Cn1cncn1)c1ccccc1OC. The molecule has 5 nitrogen and oxygen atoms in total. The van der Waals surface area contributed by atoms with Crippen LogP contribution in [0.4, 0.5) is 0 Å². The van der Waals surface area contributed by atoms with Crippen LogP contribution in [0, 0.1) is 11.3 Å². The van der Waals surface area contributed by atoms with Crippen molar-refractivity contribution in [3.8, 4) is 11.8 Å². The van der Waals surface area contributed by atoms with Gasteiger partial charge in [-0.2, -0.15) is 10.4 Å². The number of benzene rings is 1. The molecule has 6 heteroatoms. The topological polar surface area (TPSA) is 63.7 Å². The van der Waals surface area contributed by atoms with Crippen LogP contribution in [-0.4, -0.2) is 21.9 Å². The highest BCUT2D eigenvalue weighted by Crippen LogP contribution is 2.38. The van der Waals surface area contributed by atoms with E-state index in [2.05, 4.69) is 22.7 Å². The fourth-order valence-corrected chi connectivity index (χ4v) is 2.56. The number of nitriles is 1. The Balaban J connectivity index is 2.53. The van der Waals surface area contributed by atoms with Crippen molar-refractivity contribution in [2.75, 3.05) is 7.11 Å². The van der Waals surface area contributed by atoms with Crippen LogP contribution in [0.3, 0.4) is 0 Å². The first kappa shape index (κ1) is 15.1. The molecular weight excluding hydrogens is 288 g/mol. The number of aromatic nitrogens is 3. The van der Waals surface area contributed by atoms with E-state index >= 15 is 0 Å². The van der Waals surface area contributed by atoms with E-state index in [-0.39, 0.29) is 0 Å². The van der Waals surface area contributed by atoms with Crippen LogP contribution >= 0.6 is 11.6 Å². The Bertz CT molecular complexity index is 663. The molecule has 0 fully saturated rings. The lowest BCUT2D eigenvalue weighted by Gasteiger charge is -2.28. The van der Waals surface area contributed by atoms with Gasteiger partial charge in [0.25, 0.3) is 0 Å². The summed E-state index contributed by atoms with van der Waals surface area (Å²) in [5.74, 6) is 0.636. The Morgan fingerprint density at radius 2 is 2.29 bits per heavy atom. The Morgan fingerprint density at radius 3 is 2.86 bits per heavy atom. The van der Waals surface area contributed by atoms with Gasteiger partial charge in [0.05, 0.1) is 19.7 Å². The molecule has 0 aliphatic rings. The highest BCUT2D eigenvalue weighted by atomic mass is 35.5. The molecule has 0 radical (unpaired) electrons. The number of rotatable bonds is 6. The second-order valence-corrected chi connectivity index (χ2v) is 5.22. The van der Waals surface area contributed by atoms with E-state index < -0.39 is 5.41 Å². The van der Waals surface area contributed by atoms with Crippen LogP contribution in [0.25, 0.3) is 0 Å². The highest BCUT2D eigenvalue weighted by molar-refractivity contribution is 6.29. The molecule has 1 aromatic carbocycles. The largest absolute Gasteiger partial charge is 0.496 e. The first-order valence-electron chi connectivity index (χ1n) is 6.32. The van der Waals surface area contributed by atoms with Gasteiger partial charge in [-0.1, -0.05) is 36.4 Å². The first-order valence-corrected chi connectivity index (χ1v) is 6.69. The molecule has 0 N–H and O–H groups in total. The third-order valence-electron chi connectivity index (χ3n) is 3.23. The van der Waals surface area contributed by atoms with Gasteiger partial charge in [0.1, 0.15) is 23.8 Å². The number of para-hydroxylation sites is 1. The summed E-state index contributed by atoms with van der Waals surface area (Å²) in [7, 11) is 1.58. The van der Waals surface area contributed by atoms with Crippen LogP contribution in [0.1, 0.15) is 12.0 Å². The molecule has 1 aromatic heterocycles. The summed E-state index contributed by atoms with van der Waals surface area (Å²) in [4.78, 5) is 3.91. The molecule has 0 saturated heterocycles. The van der Waals surface area contributed by atoms with Gasteiger partial charge in [0.15, 0.2) is 0 Å². The zero-order chi connectivity index (χ0) is 15.3. The van der Waals surface area contributed by atoms with Crippen molar-refractivity contribution in [2.45, 2.75) is 18.4 Å². The summed E-state index contributed by atoms with van der Waals surface area (Å²) >= 11 is 5.99. The molecule has 0 amide bonds. The lowest BCUT2D eigenvalue weighted by atomic mass is 9.78. The fourth-order valence-electron chi connectivity index (χ4n) is 2.33. The molecule has 2 rings (SSSR count). The summed E-state index contributed by atoms with van der Waals surface area (Å²) < 4.78 is 6.99. The van der Waals surface area contributed by atoms with Gasteiger partial charge in [-0.05, 0) is 6.07 Å². The molecule has 108 valence electrons. The minimum Gasteiger partial charge on any atom is -0.496 e. The molecule has 1 heterocycles. The van der Waals surface area contributed by atoms with E-state index in [0.29, 0.717) is 23.7 Å². The van der Waals surface area contributed by atoms with Crippen molar-refractivity contribution >= 4 is 11.6 Å². The molecule has 1 unspecified atom stereocenters. The van der Waals surface area contributed by atoms with Gasteiger partial charge in [-0.3, -0.25) is 4.68 Å². The molecule has 2 aromatic rings. The molecular formula is C15H15ClN4O. The number of halogens is 1. The average Bonchev–Trinajstić information content (AvgIpc) is 2.98. The summed E-state index contributed by atoms with van der Waals surface area (Å²) in [6, 6.07) is 9.76. The summed E-state index contributed by atoms with van der Waals surface area (Å²) in [5.41, 5.74) is -0.161. The number of nitrogens with zero attached hydrogens (tertiary/aromatic N) is 4. The Labute approximate surface area is 128 Å². The monoisotopic (exact) mass is 302 g/mol. The van der Waals surface area contributed by atoms with Gasteiger partial charge in [-0.15, -0.1) is 0 Å². The molecule has 1 atom stereocenters. The van der Waals surface area contributed by atoms with E-state index in [1.807, 2.05) is 24.3 Å². The molecule has 0 spiro atoms. The Hall–Kier alpha value is -2.32. The Kier molecular flexibility index (Phi) is 4.61. The van der Waals surface area contributed by atoms with E-state index in [9.17, 15) is 5.26 Å². The zero-order valence-electron chi connectivity index (χ0n) is 11.7. The third kappa shape index (κ3) is 3.23. The number of allylic oxidation sites excluding steroid dienone is 1. The van der Waals surface area contributed by atoms with Crippen molar-refractivity contribution in [3.63, 3.8) is 0 Å². The highest BCUT2D eigenvalue weighted by Gasteiger charge is 2.36. The first-order chi connectivity index (χ1) is 10.1. The van der Waals surface area contributed by atoms with Gasteiger partial charge < -0.3 is 4.74 Å². The standard InChI is InChI=1S/C15H15ClN4O/c1-12(16)7-15(8-17,9-20-11-18-10-19-20)13-5-3-4-6-14(13)21-2/h3-6,10-11H,1,7,9H2,2H3. The van der Waals surface area contributed by atoms with Crippen LogP contribution in [0.15, 0.2) is 48.5 Å². The smallest absolute Gasteiger partial charge is 0.137 e. The van der Waals surface area contributed by atoms with E-state index in [1.165, 1.54) is 6.33 Å². The molecule has 0 aliphatic carbocycles. The van der Waals surface area contributed by atoms with Crippen molar-refractivity contribution in [2.24, 2.45) is 0 Å². The Morgan fingerprint density at radius 1 is 1.52 bits per heavy atom. The quantitative estimate of drug-likeness (QED) is 0.823. The maximum atomic E-state index is 9.83. The predicted molar refractivity (Wildman–Crippen MR) is 79.9 cm³/mol. The fraction of sp³-hybridized carbons (Fsp3) is 0.267. The summed E-state index contributed by atoms with van der Waals surface area (Å²) in [6.45, 7) is 4.04. The number of hydrogen-bond acceptors (Lipinski definition) is 4. The van der Waals surface area contributed by atoms with Crippen LogP contribution in [-0.2, 0) is 12.0 Å². The van der Waals surface area contributed by atoms with Gasteiger partial charge in [0.2, 0.25) is 0 Å². The number of hydrogen-bond donors (Lipinski definition) is 0. The molecule has 0 saturated carbocycles. The van der Waals surface area contributed by atoms with Crippen molar-refractivity contribution < 1.29 is 4.74 Å². The molecule has 0 bridgehead atoms. The lowest BCUT2D eigenvalue weighted by Crippen LogP contribution is -2.31. The second kappa shape index (κ2) is 6.42. The second-order valence-electron chi connectivity index (χ2n) is 4.68. The van der Waals surface area contributed by atoms with E-state index in [0.717, 1.165) is 5.56 Å². The van der Waals surface area contributed by atoms with Crippen molar-refractivity contribution in [1.82, 2.24) is 14.8 Å². The van der Waals surface area contributed by atoms with E-state index in [1.54, 1.807) is 18.1 Å². The maximum absolute atomic E-state index is 9.83. The molecule has 0 aliphatic heterocycles. The van der Waals surface area contributed by atoms with Crippen LogP contribution < -0.4 is 4.74 Å². The van der Waals surface area contributed by atoms with Crippen molar-refractivity contribution in [3.05, 3.63) is 54.1 Å².